The van der Waals surface area contributed by atoms with Crippen LogP contribution >= 0.6 is 0 Å². The lowest BCUT2D eigenvalue weighted by Gasteiger charge is -2.44. The summed E-state index contributed by atoms with van der Waals surface area (Å²) in [5.74, 6) is -1.31. The monoisotopic (exact) mass is 500 g/mol. The van der Waals surface area contributed by atoms with Crippen LogP contribution in [0.4, 0.5) is 18.9 Å². The van der Waals surface area contributed by atoms with Crippen molar-refractivity contribution in [2.24, 2.45) is 11.1 Å². The van der Waals surface area contributed by atoms with E-state index in [1.807, 2.05) is 13.8 Å². The number of methoxy groups -OCH3 is 2. The molecule has 2 aromatic carbocycles. The van der Waals surface area contributed by atoms with Gasteiger partial charge in [-0.05, 0) is 47.7 Å². The van der Waals surface area contributed by atoms with Gasteiger partial charge in [-0.15, -0.1) is 0 Å². The van der Waals surface area contributed by atoms with Crippen LogP contribution in [0, 0.1) is 5.41 Å². The van der Waals surface area contributed by atoms with Gasteiger partial charge in [0.05, 0.1) is 31.3 Å². The highest BCUT2D eigenvalue weighted by Gasteiger charge is 2.46. The third kappa shape index (κ3) is 4.45. The van der Waals surface area contributed by atoms with Crippen molar-refractivity contribution in [3.8, 4) is 5.75 Å². The maximum atomic E-state index is 13.6. The minimum Gasteiger partial charge on any atom is -0.497 e. The number of carbonyl (C=O) groups is 2. The lowest BCUT2D eigenvalue weighted by Crippen LogP contribution is -2.43. The third-order valence-corrected chi connectivity index (χ3v) is 6.55. The van der Waals surface area contributed by atoms with E-state index >= 15 is 0 Å². The van der Waals surface area contributed by atoms with E-state index < -0.39 is 29.0 Å². The second-order valence-corrected chi connectivity index (χ2v) is 9.68. The molecule has 0 unspecified atom stereocenters. The normalized spacial score (nSPS) is 19.8. The molecule has 6 nitrogen and oxygen atoms in total. The molecular formula is C27H27F3N2O4. The average molecular weight is 501 g/mol. The number of esters is 1. The van der Waals surface area contributed by atoms with E-state index in [4.69, 9.17) is 15.2 Å². The number of nitrogens with zero attached hydrogens (tertiary/aromatic N) is 1. The van der Waals surface area contributed by atoms with E-state index in [-0.39, 0.29) is 29.3 Å². The average Bonchev–Trinajstić information content (AvgIpc) is 2.81. The Kier molecular flexibility index (Phi) is 6.36. The second kappa shape index (κ2) is 9.04. The minimum absolute atomic E-state index is 0.00751. The summed E-state index contributed by atoms with van der Waals surface area (Å²) in [7, 11) is 2.71. The molecule has 1 heterocycles. The fourth-order valence-electron chi connectivity index (χ4n) is 4.97. The number of alkyl halides is 3. The Balaban J connectivity index is 2.02. The van der Waals surface area contributed by atoms with Crippen molar-refractivity contribution in [3.05, 3.63) is 82.3 Å². The maximum Gasteiger partial charge on any atom is 0.416 e. The smallest absolute Gasteiger partial charge is 0.416 e. The lowest BCUT2D eigenvalue weighted by molar-refractivity contribution is -0.138. The molecule has 2 N–H and O–H groups in total. The van der Waals surface area contributed by atoms with E-state index in [0.717, 1.165) is 12.1 Å². The van der Waals surface area contributed by atoms with Crippen molar-refractivity contribution in [3.63, 3.8) is 0 Å². The van der Waals surface area contributed by atoms with Gasteiger partial charge in [-0.1, -0.05) is 32.0 Å². The first-order chi connectivity index (χ1) is 16.9. The van der Waals surface area contributed by atoms with Gasteiger partial charge >= 0.3 is 12.1 Å². The molecule has 1 aliphatic carbocycles. The predicted octanol–water partition coefficient (Wildman–Crippen LogP) is 5.30. The standard InChI is InChI=1S/C27H27F3N2O4/c1-26(2)13-19-22(20(33)14-26)21(15-8-10-18(35-3)11-9-15)23(25(34)36-4)24(31)32(19)17-7-5-6-16(12-17)27(28,29)30/h5-12,21H,13-14,31H2,1-4H3/t21-/m1/s1. The number of halogens is 3. The summed E-state index contributed by atoms with van der Waals surface area (Å²) in [6.07, 6.45) is -4.00. The van der Waals surface area contributed by atoms with E-state index in [9.17, 15) is 22.8 Å². The molecule has 0 spiro atoms. The number of benzene rings is 2. The topological polar surface area (TPSA) is 81.9 Å². The molecule has 1 atom stereocenters. The van der Waals surface area contributed by atoms with Crippen LogP contribution in [0.1, 0.15) is 43.7 Å². The summed E-state index contributed by atoms with van der Waals surface area (Å²) in [5.41, 5.74) is 6.74. The number of nitrogens with two attached hydrogens (primary N) is 1. The summed E-state index contributed by atoms with van der Waals surface area (Å²) >= 11 is 0. The van der Waals surface area contributed by atoms with Gasteiger partial charge < -0.3 is 15.2 Å². The number of hydrogen-bond acceptors (Lipinski definition) is 6. The Labute approximate surface area is 207 Å². The van der Waals surface area contributed by atoms with Crippen molar-refractivity contribution >= 4 is 17.4 Å². The minimum atomic E-state index is -4.58. The van der Waals surface area contributed by atoms with Crippen molar-refractivity contribution in [1.82, 2.24) is 0 Å². The summed E-state index contributed by atoms with van der Waals surface area (Å²) in [6.45, 7) is 3.83. The van der Waals surface area contributed by atoms with Gasteiger partial charge in [0, 0.05) is 23.4 Å². The van der Waals surface area contributed by atoms with Gasteiger partial charge in [0.15, 0.2) is 5.78 Å². The number of anilines is 1. The van der Waals surface area contributed by atoms with E-state index in [1.54, 1.807) is 24.3 Å². The highest BCUT2D eigenvalue weighted by molar-refractivity contribution is 6.05. The van der Waals surface area contributed by atoms with Crippen LogP contribution in [0.15, 0.2) is 71.2 Å². The highest BCUT2D eigenvalue weighted by Crippen LogP contribution is 2.51. The fourth-order valence-corrected chi connectivity index (χ4v) is 4.97. The first-order valence-corrected chi connectivity index (χ1v) is 11.3. The van der Waals surface area contributed by atoms with Crippen LogP contribution in [-0.4, -0.2) is 26.0 Å². The molecule has 36 heavy (non-hydrogen) atoms. The molecule has 2 aliphatic rings. The number of hydrogen-bond donors (Lipinski definition) is 1. The van der Waals surface area contributed by atoms with Gasteiger partial charge in [-0.3, -0.25) is 9.69 Å². The number of carbonyl (C=O) groups excluding carboxylic acids is 2. The maximum absolute atomic E-state index is 13.6. The molecule has 190 valence electrons. The Morgan fingerprint density at radius 2 is 1.75 bits per heavy atom. The Hall–Kier alpha value is -3.75. The van der Waals surface area contributed by atoms with Crippen molar-refractivity contribution in [1.29, 1.82) is 0 Å². The van der Waals surface area contributed by atoms with Crippen molar-refractivity contribution in [2.75, 3.05) is 19.1 Å². The molecule has 0 amide bonds. The van der Waals surface area contributed by atoms with Crippen LogP contribution in [0.3, 0.4) is 0 Å². The first-order valence-electron chi connectivity index (χ1n) is 11.3. The Bertz CT molecular complexity index is 1280. The first kappa shape index (κ1) is 25.3. The molecule has 1 aliphatic heterocycles. The zero-order valence-electron chi connectivity index (χ0n) is 20.4. The Morgan fingerprint density at radius 1 is 1.08 bits per heavy atom. The van der Waals surface area contributed by atoms with Gasteiger partial charge in [0.1, 0.15) is 11.6 Å². The van der Waals surface area contributed by atoms with Crippen LogP contribution in [-0.2, 0) is 20.5 Å². The zero-order valence-corrected chi connectivity index (χ0v) is 20.4. The number of Topliss-reactive ketones (excluding diaryl/α,β-unsaturated/α-hetero) is 1. The van der Waals surface area contributed by atoms with Crippen molar-refractivity contribution in [2.45, 2.75) is 38.8 Å². The number of allylic oxidation sites excluding steroid dienone is 2. The van der Waals surface area contributed by atoms with Gasteiger partial charge in [0.25, 0.3) is 0 Å². The molecule has 0 saturated heterocycles. The quantitative estimate of drug-likeness (QED) is 0.574. The Morgan fingerprint density at radius 3 is 2.33 bits per heavy atom. The third-order valence-electron chi connectivity index (χ3n) is 6.55. The van der Waals surface area contributed by atoms with Gasteiger partial charge in [0.2, 0.25) is 0 Å². The molecular weight excluding hydrogens is 473 g/mol. The molecule has 0 fully saturated rings. The number of ketones is 1. The second-order valence-electron chi connectivity index (χ2n) is 9.68. The predicted molar refractivity (Wildman–Crippen MR) is 128 cm³/mol. The van der Waals surface area contributed by atoms with E-state index in [1.165, 1.54) is 31.3 Å². The van der Waals surface area contributed by atoms with Crippen LogP contribution in [0.5, 0.6) is 5.75 Å². The van der Waals surface area contributed by atoms with Crippen molar-refractivity contribution < 1.29 is 32.2 Å². The zero-order chi connectivity index (χ0) is 26.4. The van der Waals surface area contributed by atoms with Crippen LogP contribution in [0.25, 0.3) is 0 Å². The molecule has 2 aromatic rings. The molecule has 0 saturated carbocycles. The fraction of sp³-hybridized carbons (Fsp3) is 0.333. The van der Waals surface area contributed by atoms with Gasteiger partial charge in [-0.2, -0.15) is 13.2 Å². The molecule has 4 rings (SSSR count). The summed E-state index contributed by atoms with van der Waals surface area (Å²) in [4.78, 5) is 28.1. The van der Waals surface area contributed by atoms with Crippen LogP contribution in [0.2, 0.25) is 0 Å². The molecule has 0 aromatic heterocycles. The molecule has 0 radical (unpaired) electrons. The number of ether oxygens (including phenoxy) is 2. The molecule has 9 heteroatoms. The van der Waals surface area contributed by atoms with Gasteiger partial charge in [-0.25, -0.2) is 4.79 Å². The summed E-state index contributed by atoms with van der Waals surface area (Å²) < 4.78 is 50.9. The van der Waals surface area contributed by atoms with E-state index in [0.29, 0.717) is 29.0 Å². The van der Waals surface area contributed by atoms with E-state index in [2.05, 4.69) is 0 Å². The summed E-state index contributed by atoms with van der Waals surface area (Å²) in [5, 5.41) is 0. The summed E-state index contributed by atoms with van der Waals surface area (Å²) in [6, 6.07) is 11.5. The SMILES string of the molecule is COC(=O)C1=C(N)N(c2cccc(C(F)(F)F)c2)C2=C(C(=O)CC(C)(C)C2)[C@H]1c1ccc(OC)cc1. The van der Waals surface area contributed by atoms with Crippen LogP contribution < -0.4 is 15.4 Å². The molecule has 0 bridgehead atoms. The number of rotatable bonds is 4. The largest absolute Gasteiger partial charge is 0.497 e. The highest BCUT2D eigenvalue weighted by atomic mass is 19.4. The lowest BCUT2D eigenvalue weighted by atomic mass is 9.68.